The summed E-state index contributed by atoms with van der Waals surface area (Å²) in [7, 11) is 0. The van der Waals surface area contributed by atoms with Crippen LogP contribution in [0.2, 0.25) is 0 Å². The van der Waals surface area contributed by atoms with Crippen molar-refractivity contribution in [1.82, 2.24) is 19.9 Å². The molecule has 1 fully saturated rings. The van der Waals surface area contributed by atoms with Gasteiger partial charge in [-0.15, -0.1) is 5.10 Å². The van der Waals surface area contributed by atoms with Crippen molar-refractivity contribution in [1.29, 1.82) is 0 Å². The van der Waals surface area contributed by atoms with E-state index in [1.54, 1.807) is 12.1 Å². The molecule has 8 heteroatoms. The monoisotopic (exact) mass is 411 g/mol. The molecule has 0 spiro atoms. The number of benzene rings is 1. The minimum absolute atomic E-state index is 0.0335. The van der Waals surface area contributed by atoms with Gasteiger partial charge in [-0.05, 0) is 48.6 Å². The molecular weight excluding hydrogens is 385 g/mol. The Morgan fingerprint density at radius 2 is 2.17 bits per heavy atom. The SMILES string of the molecule is CC(C)C(CO)NC(=O)c1cnc2ccc(N3CCCC3c3cccc(F)c3)nn12. The number of hydrogen-bond donors (Lipinski definition) is 2. The Balaban J connectivity index is 1.64. The summed E-state index contributed by atoms with van der Waals surface area (Å²) in [5, 5.41) is 17.0. The van der Waals surface area contributed by atoms with Crippen molar-refractivity contribution in [3.63, 3.8) is 0 Å². The van der Waals surface area contributed by atoms with Crippen LogP contribution in [0.3, 0.4) is 0 Å². The maximum atomic E-state index is 13.7. The molecule has 2 unspecified atom stereocenters. The molecule has 30 heavy (non-hydrogen) atoms. The van der Waals surface area contributed by atoms with E-state index in [1.165, 1.54) is 16.8 Å². The second kappa shape index (κ2) is 8.39. The van der Waals surface area contributed by atoms with Crippen LogP contribution in [-0.4, -0.2) is 44.8 Å². The standard InChI is InChI=1S/C22H26FN5O2/c1-14(2)17(13-29)25-22(30)19-12-24-20-8-9-21(26-28(19)20)27-10-4-7-18(27)15-5-3-6-16(23)11-15/h3,5-6,8-9,11-12,14,17-18,29H,4,7,10,13H2,1-2H3,(H,25,30). The lowest BCUT2D eigenvalue weighted by molar-refractivity contribution is 0.0889. The predicted octanol–water partition coefficient (Wildman–Crippen LogP) is 2.96. The lowest BCUT2D eigenvalue weighted by atomic mass is 10.0. The number of fused-ring (bicyclic) bond motifs is 1. The molecule has 1 aliphatic rings. The molecule has 0 aliphatic carbocycles. The maximum absolute atomic E-state index is 13.7. The van der Waals surface area contributed by atoms with Gasteiger partial charge in [0.15, 0.2) is 11.3 Å². The van der Waals surface area contributed by atoms with Gasteiger partial charge in [-0.25, -0.2) is 13.9 Å². The molecule has 2 N–H and O–H groups in total. The van der Waals surface area contributed by atoms with Gasteiger partial charge >= 0.3 is 0 Å². The third-order valence-corrected chi connectivity index (χ3v) is 5.68. The quantitative estimate of drug-likeness (QED) is 0.652. The first-order valence-electron chi connectivity index (χ1n) is 10.3. The number of halogens is 1. The first kappa shape index (κ1) is 20.3. The number of hydrogen-bond acceptors (Lipinski definition) is 5. The second-order valence-corrected chi connectivity index (χ2v) is 8.02. The number of aliphatic hydroxyl groups is 1. The molecule has 2 atom stereocenters. The summed E-state index contributed by atoms with van der Waals surface area (Å²) in [5.41, 5.74) is 1.80. The maximum Gasteiger partial charge on any atom is 0.271 e. The number of anilines is 1. The van der Waals surface area contributed by atoms with Crippen LogP contribution in [0.4, 0.5) is 10.2 Å². The van der Waals surface area contributed by atoms with Gasteiger partial charge < -0.3 is 15.3 Å². The van der Waals surface area contributed by atoms with Gasteiger partial charge in [0.05, 0.1) is 24.9 Å². The fourth-order valence-corrected chi connectivity index (χ4v) is 3.94. The molecule has 1 aliphatic heterocycles. The highest BCUT2D eigenvalue weighted by molar-refractivity contribution is 5.93. The summed E-state index contributed by atoms with van der Waals surface area (Å²) in [6.07, 6.45) is 3.38. The number of aromatic nitrogens is 3. The second-order valence-electron chi connectivity index (χ2n) is 8.02. The Labute approximate surface area is 174 Å². The van der Waals surface area contributed by atoms with Crippen molar-refractivity contribution < 1.29 is 14.3 Å². The molecule has 158 valence electrons. The molecule has 0 saturated carbocycles. The lowest BCUT2D eigenvalue weighted by Gasteiger charge is -2.26. The Morgan fingerprint density at radius 3 is 2.90 bits per heavy atom. The van der Waals surface area contributed by atoms with E-state index in [4.69, 9.17) is 0 Å². The zero-order valence-electron chi connectivity index (χ0n) is 17.1. The summed E-state index contributed by atoms with van der Waals surface area (Å²) >= 11 is 0. The first-order valence-corrected chi connectivity index (χ1v) is 10.3. The van der Waals surface area contributed by atoms with Gasteiger partial charge in [0, 0.05) is 6.54 Å². The highest BCUT2D eigenvalue weighted by atomic mass is 19.1. The highest BCUT2D eigenvalue weighted by Gasteiger charge is 2.28. The molecule has 4 rings (SSSR count). The smallest absolute Gasteiger partial charge is 0.271 e. The van der Waals surface area contributed by atoms with Crippen molar-refractivity contribution >= 4 is 17.4 Å². The summed E-state index contributed by atoms with van der Waals surface area (Å²) in [6, 6.07) is 10.1. The van der Waals surface area contributed by atoms with Crippen LogP contribution >= 0.6 is 0 Å². The van der Waals surface area contributed by atoms with E-state index in [9.17, 15) is 14.3 Å². The van der Waals surface area contributed by atoms with Crippen molar-refractivity contribution in [2.45, 2.75) is 38.8 Å². The molecule has 1 aromatic carbocycles. The van der Waals surface area contributed by atoms with E-state index in [2.05, 4.69) is 20.3 Å². The molecule has 2 aromatic heterocycles. The number of nitrogens with one attached hydrogen (secondary N) is 1. The van der Waals surface area contributed by atoms with E-state index in [0.717, 1.165) is 24.9 Å². The molecular formula is C22H26FN5O2. The topological polar surface area (TPSA) is 82.8 Å². The van der Waals surface area contributed by atoms with E-state index < -0.39 is 0 Å². The first-order chi connectivity index (χ1) is 14.5. The largest absolute Gasteiger partial charge is 0.394 e. The van der Waals surface area contributed by atoms with E-state index >= 15 is 0 Å². The summed E-state index contributed by atoms with van der Waals surface area (Å²) in [4.78, 5) is 19.2. The van der Waals surface area contributed by atoms with Gasteiger partial charge in [-0.3, -0.25) is 4.79 Å². The fourth-order valence-electron chi connectivity index (χ4n) is 3.94. The molecule has 0 bridgehead atoms. The summed E-state index contributed by atoms with van der Waals surface area (Å²) in [6.45, 7) is 4.54. The molecule has 7 nitrogen and oxygen atoms in total. The van der Waals surface area contributed by atoms with Gasteiger partial charge in [0.1, 0.15) is 11.6 Å². The number of nitrogens with zero attached hydrogens (tertiary/aromatic N) is 4. The van der Waals surface area contributed by atoms with Gasteiger partial charge in [0.2, 0.25) is 0 Å². The van der Waals surface area contributed by atoms with Crippen molar-refractivity contribution in [2.24, 2.45) is 5.92 Å². The lowest BCUT2D eigenvalue weighted by Crippen LogP contribution is -2.41. The Hall–Kier alpha value is -3.00. The Kier molecular flexibility index (Phi) is 5.67. The van der Waals surface area contributed by atoms with Crippen LogP contribution in [0, 0.1) is 11.7 Å². The van der Waals surface area contributed by atoms with Crippen LogP contribution in [0.15, 0.2) is 42.6 Å². The third-order valence-electron chi connectivity index (χ3n) is 5.68. The predicted molar refractivity (Wildman–Crippen MR) is 112 cm³/mol. The minimum Gasteiger partial charge on any atom is -0.394 e. The van der Waals surface area contributed by atoms with Crippen LogP contribution < -0.4 is 10.2 Å². The number of rotatable bonds is 6. The number of carbonyl (C=O) groups excluding carboxylic acids is 1. The van der Waals surface area contributed by atoms with Crippen LogP contribution in [-0.2, 0) is 0 Å². The average molecular weight is 411 g/mol. The number of imidazole rings is 1. The van der Waals surface area contributed by atoms with Crippen molar-refractivity contribution in [3.8, 4) is 0 Å². The zero-order chi connectivity index (χ0) is 21.3. The number of carbonyl (C=O) groups is 1. The van der Waals surface area contributed by atoms with E-state index in [1.807, 2.05) is 32.0 Å². The van der Waals surface area contributed by atoms with Crippen LogP contribution in [0.1, 0.15) is 48.8 Å². The van der Waals surface area contributed by atoms with Crippen LogP contribution in [0.25, 0.3) is 5.65 Å². The minimum atomic E-state index is -0.345. The molecule has 1 amide bonds. The van der Waals surface area contributed by atoms with Gasteiger partial charge in [-0.2, -0.15) is 0 Å². The summed E-state index contributed by atoms with van der Waals surface area (Å²) < 4.78 is 15.3. The van der Waals surface area contributed by atoms with Gasteiger partial charge in [0.25, 0.3) is 5.91 Å². The number of aliphatic hydroxyl groups excluding tert-OH is 1. The fraction of sp³-hybridized carbons (Fsp3) is 0.409. The van der Waals surface area contributed by atoms with Crippen molar-refractivity contribution in [2.75, 3.05) is 18.1 Å². The van der Waals surface area contributed by atoms with E-state index in [-0.39, 0.29) is 36.3 Å². The number of amides is 1. The van der Waals surface area contributed by atoms with Crippen LogP contribution in [0.5, 0.6) is 0 Å². The molecule has 1 saturated heterocycles. The third kappa shape index (κ3) is 3.87. The average Bonchev–Trinajstić information content (AvgIpc) is 3.38. The van der Waals surface area contributed by atoms with E-state index in [0.29, 0.717) is 17.2 Å². The summed E-state index contributed by atoms with van der Waals surface area (Å²) in [5.74, 6) is 0.227. The zero-order valence-corrected chi connectivity index (χ0v) is 17.1. The Morgan fingerprint density at radius 1 is 1.33 bits per heavy atom. The normalized spacial score (nSPS) is 17.6. The highest BCUT2D eigenvalue weighted by Crippen LogP contribution is 2.35. The molecule has 3 heterocycles. The molecule has 0 radical (unpaired) electrons. The molecule has 3 aromatic rings. The van der Waals surface area contributed by atoms with Crippen molar-refractivity contribution in [3.05, 3.63) is 59.7 Å². The Bertz CT molecular complexity index is 1050. The van der Waals surface area contributed by atoms with Gasteiger partial charge in [-0.1, -0.05) is 26.0 Å².